The molecule has 160 valence electrons. The Morgan fingerprint density at radius 3 is 2.27 bits per heavy atom. The number of carbonyl (C=O) groups excluding carboxylic acids is 2. The molecule has 0 bridgehead atoms. The number of halogens is 1. The first-order valence-electron chi connectivity index (χ1n) is 9.82. The highest BCUT2D eigenvalue weighted by Gasteiger charge is 2.49. The molecule has 1 heterocycles. The maximum Gasteiger partial charge on any atom is 0.325 e. The number of rotatable bonds is 6. The molecule has 1 aliphatic heterocycles. The number of aliphatic hydroxyl groups is 1. The van der Waals surface area contributed by atoms with Crippen LogP contribution >= 0.6 is 11.6 Å². The SMILES string of the molecule is CC(C)(C)c1ccc(OC[C@@H](O)CN2C(=O)N[C@](C)(c3ccc(Cl)cc3)C2=O)cc1. The van der Waals surface area contributed by atoms with Gasteiger partial charge in [-0.3, -0.25) is 9.69 Å². The van der Waals surface area contributed by atoms with Gasteiger partial charge in [-0.25, -0.2) is 4.79 Å². The lowest BCUT2D eigenvalue weighted by atomic mass is 9.87. The Balaban J connectivity index is 1.61. The molecular formula is C23H27ClN2O4. The van der Waals surface area contributed by atoms with Crippen LogP contribution < -0.4 is 10.1 Å². The summed E-state index contributed by atoms with van der Waals surface area (Å²) in [6.07, 6.45) is -1.02. The Morgan fingerprint density at radius 2 is 1.70 bits per heavy atom. The summed E-state index contributed by atoms with van der Waals surface area (Å²) in [7, 11) is 0. The van der Waals surface area contributed by atoms with Crippen LogP contribution in [-0.2, 0) is 15.7 Å². The smallest absolute Gasteiger partial charge is 0.325 e. The van der Waals surface area contributed by atoms with Crippen LogP contribution in [0.5, 0.6) is 5.75 Å². The fourth-order valence-corrected chi connectivity index (χ4v) is 3.47. The molecule has 2 aromatic carbocycles. The molecule has 0 unspecified atom stereocenters. The first-order chi connectivity index (χ1) is 14.0. The molecule has 7 heteroatoms. The van der Waals surface area contributed by atoms with E-state index in [1.165, 1.54) is 5.56 Å². The van der Waals surface area contributed by atoms with Gasteiger partial charge in [-0.1, -0.05) is 56.6 Å². The maximum atomic E-state index is 12.9. The van der Waals surface area contributed by atoms with E-state index in [0.29, 0.717) is 16.3 Å². The Kier molecular flexibility index (Phi) is 6.11. The number of aliphatic hydroxyl groups excluding tert-OH is 1. The molecule has 2 N–H and O–H groups in total. The Hall–Kier alpha value is -2.57. The normalized spacial score (nSPS) is 20.3. The molecule has 6 nitrogen and oxygen atoms in total. The van der Waals surface area contributed by atoms with Crippen molar-refractivity contribution in [2.24, 2.45) is 0 Å². The van der Waals surface area contributed by atoms with Gasteiger partial charge in [-0.2, -0.15) is 0 Å². The molecule has 1 fully saturated rings. The minimum Gasteiger partial charge on any atom is -0.491 e. The van der Waals surface area contributed by atoms with Gasteiger partial charge in [0.25, 0.3) is 5.91 Å². The summed E-state index contributed by atoms with van der Waals surface area (Å²) in [6, 6.07) is 13.8. The molecule has 0 radical (unpaired) electrons. The average molecular weight is 431 g/mol. The van der Waals surface area contributed by atoms with Crippen LogP contribution in [0, 0.1) is 0 Å². The lowest BCUT2D eigenvalue weighted by molar-refractivity contribution is -0.132. The predicted molar refractivity (Wildman–Crippen MR) is 116 cm³/mol. The van der Waals surface area contributed by atoms with E-state index in [0.717, 1.165) is 4.90 Å². The van der Waals surface area contributed by atoms with Crippen molar-refractivity contribution in [1.29, 1.82) is 0 Å². The Morgan fingerprint density at radius 1 is 1.10 bits per heavy atom. The molecule has 1 aliphatic rings. The Bertz CT molecular complexity index is 922. The molecule has 3 amide bonds. The molecule has 2 atom stereocenters. The number of nitrogens with one attached hydrogen (secondary N) is 1. The molecule has 30 heavy (non-hydrogen) atoms. The number of imide groups is 1. The first kappa shape index (κ1) is 22.1. The van der Waals surface area contributed by atoms with Crippen LogP contribution in [0.2, 0.25) is 5.02 Å². The van der Waals surface area contributed by atoms with Crippen molar-refractivity contribution in [3.63, 3.8) is 0 Å². The van der Waals surface area contributed by atoms with Crippen molar-refractivity contribution >= 4 is 23.5 Å². The van der Waals surface area contributed by atoms with Gasteiger partial charge >= 0.3 is 6.03 Å². The quantitative estimate of drug-likeness (QED) is 0.682. The first-order valence-corrected chi connectivity index (χ1v) is 10.2. The van der Waals surface area contributed by atoms with E-state index in [9.17, 15) is 14.7 Å². The molecule has 0 saturated carbocycles. The fourth-order valence-electron chi connectivity index (χ4n) is 3.35. The summed E-state index contributed by atoms with van der Waals surface area (Å²) >= 11 is 5.91. The molecule has 2 aromatic rings. The van der Waals surface area contributed by atoms with Crippen molar-refractivity contribution in [1.82, 2.24) is 10.2 Å². The fraction of sp³-hybridized carbons (Fsp3) is 0.391. The molecule has 3 rings (SSSR count). The zero-order valence-electron chi connectivity index (χ0n) is 17.6. The number of β-amino-alcohol motifs (C(OH)–C–C–N with tert-alkyl or cyclic N) is 1. The summed E-state index contributed by atoms with van der Waals surface area (Å²) in [6.45, 7) is 7.82. The third kappa shape index (κ3) is 4.60. The largest absolute Gasteiger partial charge is 0.491 e. The van der Waals surface area contributed by atoms with Crippen molar-refractivity contribution in [2.45, 2.75) is 44.8 Å². The standard InChI is InChI=1S/C23H27ClN2O4/c1-22(2,3)15-7-11-19(12-8-15)30-14-18(27)13-26-20(28)23(4,25-21(26)29)16-5-9-17(24)10-6-16/h5-12,18,27H,13-14H2,1-4H3,(H,25,29)/t18-,23+/m0/s1. The third-order valence-corrected chi connectivity index (χ3v) is 5.50. The van der Waals surface area contributed by atoms with Gasteiger partial charge in [-0.05, 0) is 47.7 Å². The summed E-state index contributed by atoms with van der Waals surface area (Å²) < 4.78 is 5.63. The monoisotopic (exact) mass is 430 g/mol. The number of nitrogens with zero attached hydrogens (tertiary/aromatic N) is 1. The Labute approximate surface area is 181 Å². The van der Waals surface area contributed by atoms with Crippen LogP contribution in [0.4, 0.5) is 4.79 Å². The van der Waals surface area contributed by atoms with E-state index in [-0.39, 0.29) is 18.6 Å². The zero-order valence-corrected chi connectivity index (χ0v) is 18.4. The minimum absolute atomic E-state index is 0.0381. The highest BCUT2D eigenvalue weighted by atomic mass is 35.5. The van der Waals surface area contributed by atoms with Crippen LogP contribution in [0.15, 0.2) is 48.5 Å². The van der Waals surface area contributed by atoms with Gasteiger partial charge < -0.3 is 15.2 Å². The van der Waals surface area contributed by atoms with Gasteiger partial charge in [0.05, 0.1) is 6.54 Å². The number of urea groups is 1. The molecular weight excluding hydrogens is 404 g/mol. The van der Waals surface area contributed by atoms with Crippen molar-refractivity contribution in [3.05, 3.63) is 64.7 Å². The van der Waals surface area contributed by atoms with Crippen molar-refractivity contribution < 1.29 is 19.4 Å². The molecule has 1 saturated heterocycles. The third-order valence-electron chi connectivity index (χ3n) is 5.25. The van der Waals surface area contributed by atoms with Gasteiger partial charge in [0, 0.05) is 5.02 Å². The van der Waals surface area contributed by atoms with Crippen LogP contribution in [0.3, 0.4) is 0 Å². The topological polar surface area (TPSA) is 78.9 Å². The number of benzene rings is 2. The van der Waals surface area contributed by atoms with E-state index >= 15 is 0 Å². The van der Waals surface area contributed by atoms with Crippen molar-refractivity contribution in [3.8, 4) is 5.75 Å². The molecule has 0 spiro atoms. The molecule has 0 aliphatic carbocycles. The van der Waals surface area contributed by atoms with E-state index in [2.05, 4.69) is 26.1 Å². The number of amides is 3. The van der Waals surface area contributed by atoms with Gasteiger partial charge in [0.1, 0.15) is 24.0 Å². The summed E-state index contributed by atoms with van der Waals surface area (Å²) in [5.74, 6) is 0.189. The number of hydrogen-bond acceptors (Lipinski definition) is 4. The highest BCUT2D eigenvalue weighted by molar-refractivity contribution is 6.30. The second-order valence-corrected chi connectivity index (χ2v) is 9.15. The number of ether oxygens (including phenoxy) is 1. The molecule has 0 aromatic heterocycles. The predicted octanol–water partition coefficient (Wildman–Crippen LogP) is 3.84. The number of hydrogen-bond donors (Lipinski definition) is 2. The second-order valence-electron chi connectivity index (χ2n) is 8.72. The second kappa shape index (κ2) is 8.28. The summed E-state index contributed by atoms with van der Waals surface area (Å²) in [4.78, 5) is 26.3. The minimum atomic E-state index is -1.20. The highest BCUT2D eigenvalue weighted by Crippen LogP contribution is 2.30. The maximum absolute atomic E-state index is 12.9. The van der Waals surface area contributed by atoms with Gasteiger partial charge in [-0.15, -0.1) is 0 Å². The van der Waals surface area contributed by atoms with E-state index < -0.39 is 23.6 Å². The van der Waals surface area contributed by atoms with E-state index in [4.69, 9.17) is 16.3 Å². The van der Waals surface area contributed by atoms with Crippen LogP contribution in [0.1, 0.15) is 38.8 Å². The van der Waals surface area contributed by atoms with Gasteiger partial charge in [0.2, 0.25) is 0 Å². The van der Waals surface area contributed by atoms with E-state index in [1.54, 1.807) is 31.2 Å². The lowest BCUT2D eigenvalue weighted by Crippen LogP contribution is -2.42. The van der Waals surface area contributed by atoms with Crippen LogP contribution in [0.25, 0.3) is 0 Å². The number of carbonyl (C=O) groups is 2. The van der Waals surface area contributed by atoms with Crippen molar-refractivity contribution in [2.75, 3.05) is 13.2 Å². The summed E-state index contributed by atoms with van der Waals surface area (Å²) in [5.41, 5.74) is 0.636. The zero-order chi connectivity index (χ0) is 22.1. The lowest BCUT2D eigenvalue weighted by Gasteiger charge is -2.23. The van der Waals surface area contributed by atoms with Gasteiger partial charge in [0.15, 0.2) is 0 Å². The average Bonchev–Trinajstić information content (AvgIpc) is 2.90. The summed E-state index contributed by atoms with van der Waals surface area (Å²) in [5, 5.41) is 13.6. The van der Waals surface area contributed by atoms with E-state index in [1.807, 2.05) is 24.3 Å². The van der Waals surface area contributed by atoms with Crippen LogP contribution in [-0.4, -0.2) is 41.2 Å².